The van der Waals surface area contributed by atoms with Crippen LogP contribution >= 0.6 is 11.8 Å². The van der Waals surface area contributed by atoms with Gasteiger partial charge in [0, 0.05) is 22.8 Å². The van der Waals surface area contributed by atoms with Gasteiger partial charge < -0.3 is 21.8 Å². The van der Waals surface area contributed by atoms with Crippen LogP contribution in [0.15, 0.2) is 47.4 Å². The molecule has 3 aromatic rings. The molecule has 0 radical (unpaired) electrons. The number of carbonyl (C=O) groups is 2. The number of hydrogen-bond acceptors (Lipinski definition) is 4. The van der Waals surface area contributed by atoms with E-state index in [1.165, 1.54) is 4.90 Å². The van der Waals surface area contributed by atoms with E-state index in [1.807, 2.05) is 18.2 Å². The molecule has 6 N–H and O–H groups in total. The molecule has 1 heterocycles. The predicted molar refractivity (Wildman–Crippen MR) is 104 cm³/mol. The van der Waals surface area contributed by atoms with E-state index in [4.69, 9.17) is 10.5 Å². The van der Waals surface area contributed by atoms with Crippen molar-refractivity contribution in [3.8, 4) is 11.1 Å². The highest BCUT2D eigenvalue weighted by Crippen LogP contribution is 2.30. The van der Waals surface area contributed by atoms with Gasteiger partial charge in [-0.15, -0.1) is 11.8 Å². The molecule has 130 valence electrons. The van der Waals surface area contributed by atoms with Crippen LogP contribution in [-0.4, -0.2) is 30.6 Å². The molecule has 2 amide bonds. The third kappa shape index (κ3) is 3.95. The Morgan fingerprint density at radius 2 is 1.76 bits per heavy atom. The predicted octanol–water partition coefficient (Wildman–Crippen LogP) is 2.80. The normalized spacial score (nSPS) is 10.0. The number of nitrogens with two attached hydrogens (primary N) is 2. The number of benzene rings is 2. The van der Waals surface area contributed by atoms with Gasteiger partial charge in [-0.2, -0.15) is 0 Å². The monoisotopic (exact) mass is 356 g/mol. The molecule has 0 fully saturated rings. The largest absolute Gasteiger partial charge is 0.374 e. The fourth-order valence-corrected chi connectivity index (χ4v) is 3.01. The summed E-state index contributed by atoms with van der Waals surface area (Å²) >= 11 is 1.72. The van der Waals surface area contributed by atoms with Crippen molar-refractivity contribution in [2.45, 2.75) is 4.90 Å². The highest BCUT2D eigenvalue weighted by Gasteiger charge is 2.15. The molecule has 0 saturated heterocycles. The Hall–Kier alpha value is -2.93. The zero-order valence-electron chi connectivity index (χ0n) is 14.0. The van der Waals surface area contributed by atoms with Crippen LogP contribution in [0.1, 0.15) is 10.4 Å². The highest BCUT2D eigenvalue weighted by molar-refractivity contribution is 7.98. The minimum Gasteiger partial charge on any atom is -0.374 e. The van der Waals surface area contributed by atoms with Crippen molar-refractivity contribution < 1.29 is 9.59 Å². The van der Waals surface area contributed by atoms with Crippen LogP contribution in [0.3, 0.4) is 0 Å². The Balaban J connectivity index is 0.000000701. The number of nitrogens with one attached hydrogen (secondary N) is 2. The highest BCUT2D eigenvalue weighted by atomic mass is 32.2. The molecule has 0 bridgehead atoms. The molecule has 2 aromatic carbocycles. The smallest absolute Gasteiger partial charge is 0.253 e. The van der Waals surface area contributed by atoms with Crippen LogP contribution in [0.2, 0.25) is 0 Å². The van der Waals surface area contributed by atoms with E-state index in [9.17, 15) is 4.79 Å². The van der Waals surface area contributed by atoms with Crippen molar-refractivity contribution in [3.05, 3.63) is 48.0 Å². The lowest BCUT2D eigenvalue weighted by Gasteiger charge is -2.03. The maximum atomic E-state index is 11.6. The zero-order valence-corrected chi connectivity index (χ0v) is 14.8. The van der Waals surface area contributed by atoms with Gasteiger partial charge in [-0.05, 0) is 35.6 Å². The minimum atomic E-state index is -0.437. The second kappa shape index (κ2) is 8.25. The van der Waals surface area contributed by atoms with Gasteiger partial charge in [0.1, 0.15) is 5.82 Å². The van der Waals surface area contributed by atoms with E-state index in [0.29, 0.717) is 11.4 Å². The fraction of sp³-hybridized carbons (Fsp3) is 0.111. The van der Waals surface area contributed by atoms with Gasteiger partial charge >= 0.3 is 0 Å². The zero-order chi connectivity index (χ0) is 18.4. The summed E-state index contributed by atoms with van der Waals surface area (Å²) in [6.07, 6.45) is 2.31. The molecule has 6 nitrogen and oxygen atoms in total. The van der Waals surface area contributed by atoms with E-state index in [0.717, 1.165) is 22.0 Å². The van der Waals surface area contributed by atoms with E-state index in [2.05, 4.69) is 46.6 Å². The first-order valence-corrected chi connectivity index (χ1v) is 8.71. The van der Waals surface area contributed by atoms with Crippen molar-refractivity contribution >= 4 is 40.8 Å². The molecular weight excluding hydrogens is 336 g/mol. The molecule has 0 aliphatic carbocycles. The Morgan fingerprint density at radius 3 is 2.28 bits per heavy atom. The lowest BCUT2D eigenvalue weighted by atomic mass is 10.0. The summed E-state index contributed by atoms with van der Waals surface area (Å²) < 4.78 is 0. The van der Waals surface area contributed by atoms with Gasteiger partial charge in [-0.3, -0.25) is 9.59 Å². The minimum absolute atomic E-state index is 0.250. The number of aromatic nitrogens is 1. The lowest BCUT2D eigenvalue weighted by molar-refractivity contribution is -0.106. The van der Waals surface area contributed by atoms with Crippen LogP contribution in [0.25, 0.3) is 22.0 Å². The number of rotatable bonds is 4. The number of anilines is 1. The lowest BCUT2D eigenvalue weighted by Crippen LogP contribution is -2.12. The van der Waals surface area contributed by atoms with Crippen molar-refractivity contribution in [1.82, 2.24) is 4.98 Å². The number of aromatic amines is 1. The van der Waals surface area contributed by atoms with Crippen molar-refractivity contribution in [3.63, 3.8) is 0 Å². The van der Waals surface area contributed by atoms with Crippen LogP contribution in [0.4, 0.5) is 5.82 Å². The summed E-state index contributed by atoms with van der Waals surface area (Å²) in [5.41, 5.74) is 13.3. The Bertz CT molecular complexity index is 888. The molecule has 0 saturated carbocycles. The van der Waals surface area contributed by atoms with Crippen molar-refractivity contribution in [2.24, 2.45) is 11.5 Å². The Labute approximate surface area is 150 Å². The van der Waals surface area contributed by atoms with E-state index >= 15 is 0 Å². The fourth-order valence-electron chi connectivity index (χ4n) is 2.60. The molecule has 25 heavy (non-hydrogen) atoms. The summed E-state index contributed by atoms with van der Waals surface area (Å²) in [5, 5.41) is 3.82. The quantitative estimate of drug-likeness (QED) is 0.425. The van der Waals surface area contributed by atoms with Gasteiger partial charge in [0.2, 0.25) is 6.41 Å². The molecule has 7 heteroatoms. The van der Waals surface area contributed by atoms with Crippen LogP contribution in [-0.2, 0) is 4.79 Å². The number of hydrogen-bond donors (Lipinski definition) is 4. The van der Waals surface area contributed by atoms with E-state index in [1.54, 1.807) is 18.8 Å². The molecular formula is C18H20N4O2S. The standard InChI is InChI=1S/C17H17N3OS.CH3NO/c1-19-17-15(16(18)21)13-8-5-11(9-14(13)20-17)10-3-6-12(22-2)7-4-10;2-1-3/h3-9,19-20H,1-2H3,(H2,18,21);1H,(H2,2,3). The van der Waals surface area contributed by atoms with Gasteiger partial charge in [0.05, 0.1) is 5.56 Å². The Kier molecular flexibility index (Phi) is 6.08. The van der Waals surface area contributed by atoms with Gasteiger partial charge in [-0.1, -0.05) is 24.3 Å². The van der Waals surface area contributed by atoms with Gasteiger partial charge in [0.25, 0.3) is 5.91 Å². The SMILES string of the molecule is CNc1[nH]c2cc(-c3ccc(SC)cc3)ccc2c1C(N)=O.NC=O. The maximum Gasteiger partial charge on any atom is 0.253 e. The molecule has 1 aromatic heterocycles. The summed E-state index contributed by atoms with van der Waals surface area (Å²) in [4.78, 5) is 24.7. The van der Waals surface area contributed by atoms with E-state index < -0.39 is 5.91 Å². The Morgan fingerprint density at radius 1 is 1.16 bits per heavy atom. The molecule has 0 atom stereocenters. The second-order valence-corrected chi connectivity index (χ2v) is 5.99. The number of H-pyrrole nitrogens is 1. The number of amides is 2. The summed E-state index contributed by atoms with van der Waals surface area (Å²) in [6, 6.07) is 14.4. The first kappa shape index (κ1) is 18.4. The molecule has 3 rings (SSSR count). The first-order chi connectivity index (χ1) is 12.0. The number of primary amides is 2. The van der Waals surface area contributed by atoms with Crippen LogP contribution in [0.5, 0.6) is 0 Å². The van der Waals surface area contributed by atoms with Crippen molar-refractivity contribution in [1.29, 1.82) is 0 Å². The number of fused-ring (bicyclic) bond motifs is 1. The molecule has 0 aliphatic heterocycles. The number of thioether (sulfide) groups is 1. The third-order valence-electron chi connectivity index (χ3n) is 3.72. The van der Waals surface area contributed by atoms with Gasteiger partial charge in [-0.25, -0.2) is 0 Å². The van der Waals surface area contributed by atoms with Crippen LogP contribution in [0, 0.1) is 0 Å². The molecule has 0 spiro atoms. The van der Waals surface area contributed by atoms with Gasteiger partial charge in [0.15, 0.2) is 0 Å². The molecule has 0 aliphatic rings. The number of carbonyl (C=O) groups excluding carboxylic acids is 2. The maximum absolute atomic E-state index is 11.6. The third-order valence-corrected chi connectivity index (χ3v) is 4.46. The second-order valence-electron chi connectivity index (χ2n) is 5.11. The van der Waals surface area contributed by atoms with Crippen molar-refractivity contribution in [2.75, 3.05) is 18.6 Å². The summed E-state index contributed by atoms with van der Waals surface area (Å²) in [5.74, 6) is 0.213. The average Bonchev–Trinajstić information content (AvgIpc) is 3.00. The van der Waals surface area contributed by atoms with Crippen LogP contribution < -0.4 is 16.8 Å². The topological polar surface area (TPSA) is 114 Å². The van der Waals surface area contributed by atoms with E-state index in [-0.39, 0.29) is 6.41 Å². The molecule has 0 unspecified atom stereocenters. The average molecular weight is 356 g/mol. The summed E-state index contributed by atoms with van der Waals surface area (Å²) in [7, 11) is 1.76. The first-order valence-electron chi connectivity index (χ1n) is 7.48. The summed E-state index contributed by atoms with van der Waals surface area (Å²) in [6.45, 7) is 0.